The Balaban J connectivity index is 3.10. The van der Waals surface area contributed by atoms with E-state index in [9.17, 15) is 12.8 Å². The third-order valence-corrected chi connectivity index (χ3v) is 4.82. The number of rotatable bonds is 6. The molecule has 0 aliphatic heterocycles. The lowest BCUT2D eigenvalue weighted by Crippen LogP contribution is -2.35. The molecule has 1 rings (SSSR count). The van der Waals surface area contributed by atoms with Crippen LogP contribution in [-0.2, 0) is 10.0 Å². The lowest BCUT2D eigenvalue weighted by molar-refractivity contribution is 0.270. The van der Waals surface area contributed by atoms with Crippen LogP contribution >= 0.6 is 15.9 Å². The van der Waals surface area contributed by atoms with Gasteiger partial charge in [0.15, 0.2) is 0 Å². The van der Waals surface area contributed by atoms with Crippen LogP contribution in [0.2, 0.25) is 0 Å². The fourth-order valence-corrected chi connectivity index (χ4v) is 3.55. The van der Waals surface area contributed by atoms with Gasteiger partial charge in [0.1, 0.15) is 10.7 Å². The van der Waals surface area contributed by atoms with Crippen molar-refractivity contribution in [1.29, 1.82) is 0 Å². The largest absolute Gasteiger partial charge is 0.398 e. The number of anilines is 1. The molecule has 1 atom stereocenters. The number of hydrogen-bond donors (Lipinski definition) is 3. The average molecular weight is 355 g/mol. The number of nitrogens with two attached hydrogens (primary N) is 1. The predicted molar refractivity (Wildman–Crippen MR) is 74.6 cm³/mol. The van der Waals surface area contributed by atoms with E-state index in [0.717, 1.165) is 12.1 Å². The quantitative estimate of drug-likeness (QED) is 0.676. The number of sulfonamides is 1. The lowest BCUT2D eigenvalue weighted by Gasteiger charge is -2.17. The summed E-state index contributed by atoms with van der Waals surface area (Å²) in [5.41, 5.74) is 5.38. The van der Waals surface area contributed by atoms with Crippen molar-refractivity contribution in [2.24, 2.45) is 0 Å². The van der Waals surface area contributed by atoms with Crippen molar-refractivity contribution in [3.63, 3.8) is 0 Å². The van der Waals surface area contributed by atoms with Gasteiger partial charge in [-0.2, -0.15) is 0 Å². The van der Waals surface area contributed by atoms with Gasteiger partial charge in [-0.05, 0) is 40.9 Å². The van der Waals surface area contributed by atoms with Crippen LogP contribution in [0.15, 0.2) is 21.5 Å². The number of hydrogen-bond acceptors (Lipinski definition) is 4. The molecule has 0 amide bonds. The fourth-order valence-electron chi connectivity index (χ4n) is 1.56. The van der Waals surface area contributed by atoms with Crippen LogP contribution in [-0.4, -0.2) is 26.2 Å². The molecule has 0 heterocycles. The zero-order valence-corrected chi connectivity index (χ0v) is 12.8. The summed E-state index contributed by atoms with van der Waals surface area (Å²) in [6, 6.07) is 1.68. The van der Waals surface area contributed by atoms with Crippen molar-refractivity contribution >= 4 is 31.6 Å². The van der Waals surface area contributed by atoms with Crippen LogP contribution in [0.5, 0.6) is 0 Å². The summed E-state index contributed by atoms with van der Waals surface area (Å²) in [4.78, 5) is -0.183. The third-order valence-electron chi connectivity index (χ3n) is 2.63. The SMILES string of the molecule is CCC(CCO)NS(=O)(=O)c1cc(Br)c(F)cc1N. The van der Waals surface area contributed by atoms with E-state index in [1.807, 2.05) is 0 Å². The van der Waals surface area contributed by atoms with E-state index in [1.54, 1.807) is 6.92 Å². The van der Waals surface area contributed by atoms with Crippen LogP contribution in [0, 0.1) is 5.82 Å². The lowest BCUT2D eigenvalue weighted by atomic mass is 10.2. The summed E-state index contributed by atoms with van der Waals surface area (Å²) < 4.78 is 40.0. The van der Waals surface area contributed by atoms with Crippen molar-refractivity contribution in [3.05, 3.63) is 22.4 Å². The topological polar surface area (TPSA) is 92.4 Å². The van der Waals surface area contributed by atoms with E-state index >= 15 is 0 Å². The molecule has 1 aromatic rings. The van der Waals surface area contributed by atoms with Crippen LogP contribution in [0.3, 0.4) is 0 Å². The molecule has 0 radical (unpaired) electrons. The Morgan fingerprint density at radius 2 is 2.16 bits per heavy atom. The molecule has 0 fully saturated rings. The number of aliphatic hydroxyl groups is 1. The van der Waals surface area contributed by atoms with Gasteiger partial charge in [0.25, 0.3) is 0 Å². The highest BCUT2D eigenvalue weighted by molar-refractivity contribution is 9.10. The molecule has 4 N–H and O–H groups in total. The van der Waals surface area contributed by atoms with E-state index < -0.39 is 21.9 Å². The molecule has 5 nitrogen and oxygen atoms in total. The van der Waals surface area contributed by atoms with Crippen LogP contribution in [0.4, 0.5) is 10.1 Å². The summed E-state index contributed by atoms with van der Waals surface area (Å²) in [5, 5.41) is 8.85. The molecule has 0 bridgehead atoms. The number of halogens is 2. The minimum absolute atomic E-state index is 0.0253. The first-order valence-electron chi connectivity index (χ1n) is 5.69. The molecule has 0 saturated carbocycles. The Hall–Kier alpha value is -0.700. The molecule has 108 valence electrons. The highest BCUT2D eigenvalue weighted by Gasteiger charge is 2.22. The van der Waals surface area contributed by atoms with E-state index in [2.05, 4.69) is 20.7 Å². The second kappa shape index (κ2) is 6.65. The Morgan fingerprint density at radius 3 is 2.68 bits per heavy atom. The third kappa shape index (κ3) is 4.13. The zero-order valence-electron chi connectivity index (χ0n) is 10.4. The molecular formula is C11H16BrFN2O3S. The van der Waals surface area contributed by atoms with E-state index in [4.69, 9.17) is 10.8 Å². The Labute approximate surface area is 120 Å². The highest BCUT2D eigenvalue weighted by atomic mass is 79.9. The summed E-state index contributed by atoms with van der Waals surface area (Å²) in [6.45, 7) is 1.68. The zero-order chi connectivity index (χ0) is 14.6. The van der Waals surface area contributed by atoms with Gasteiger partial charge < -0.3 is 10.8 Å². The molecule has 0 aromatic heterocycles. The second-order valence-corrected chi connectivity index (χ2v) is 6.58. The van der Waals surface area contributed by atoms with Crippen molar-refractivity contribution < 1.29 is 17.9 Å². The van der Waals surface area contributed by atoms with Gasteiger partial charge in [-0.15, -0.1) is 0 Å². The number of aliphatic hydroxyl groups excluding tert-OH is 1. The normalized spacial score (nSPS) is 13.5. The Morgan fingerprint density at radius 1 is 1.53 bits per heavy atom. The maximum absolute atomic E-state index is 13.2. The van der Waals surface area contributed by atoms with Crippen LogP contribution in [0.1, 0.15) is 19.8 Å². The maximum Gasteiger partial charge on any atom is 0.242 e. The van der Waals surface area contributed by atoms with Crippen molar-refractivity contribution in [3.8, 4) is 0 Å². The molecule has 1 aromatic carbocycles. The van der Waals surface area contributed by atoms with Crippen molar-refractivity contribution in [2.45, 2.75) is 30.7 Å². The van der Waals surface area contributed by atoms with E-state index in [0.29, 0.717) is 12.8 Å². The minimum atomic E-state index is -3.85. The fraction of sp³-hybridized carbons (Fsp3) is 0.455. The summed E-state index contributed by atoms with van der Waals surface area (Å²) in [5.74, 6) is -0.626. The summed E-state index contributed by atoms with van der Waals surface area (Å²) in [6.07, 6.45) is 0.833. The highest BCUT2D eigenvalue weighted by Crippen LogP contribution is 2.26. The Kier molecular flexibility index (Phi) is 5.72. The first kappa shape index (κ1) is 16.4. The smallest absolute Gasteiger partial charge is 0.242 e. The first-order valence-corrected chi connectivity index (χ1v) is 7.97. The van der Waals surface area contributed by atoms with Gasteiger partial charge in [-0.3, -0.25) is 0 Å². The first-order chi connectivity index (χ1) is 8.81. The monoisotopic (exact) mass is 354 g/mol. The van der Waals surface area contributed by atoms with Crippen LogP contribution in [0.25, 0.3) is 0 Å². The minimum Gasteiger partial charge on any atom is -0.398 e. The molecule has 19 heavy (non-hydrogen) atoms. The molecule has 1 unspecified atom stereocenters. The molecule has 8 heteroatoms. The average Bonchev–Trinajstić information content (AvgIpc) is 2.32. The molecule has 0 aliphatic carbocycles. The number of nitrogen functional groups attached to an aromatic ring is 1. The van der Waals surface area contributed by atoms with Gasteiger partial charge in [-0.25, -0.2) is 17.5 Å². The van der Waals surface area contributed by atoms with E-state index in [1.165, 1.54) is 0 Å². The predicted octanol–water partition coefficient (Wildman–Crippen LogP) is 1.61. The van der Waals surface area contributed by atoms with Crippen molar-refractivity contribution in [2.75, 3.05) is 12.3 Å². The Bertz CT molecular complexity index is 551. The molecular weight excluding hydrogens is 339 g/mol. The van der Waals surface area contributed by atoms with Gasteiger partial charge in [0.2, 0.25) is 10.0 Å². The summed E-state index contributed by atoms with van der Waals surface area (Å²) in [7, 11) is -3.85. The summed E-state index contributed by atoms with van der Waals surface area (Å²) >= 11 is 2.92. The second-order valence-electron chi connectivity index (χ2n) is 4.04. The van der Waals surface area contributed by atoms with Gasteiger partial charge in [0, 0.05) is 12.6 Å². The van der Waals surface area contributed by atoms with Crippen LogP contribution < -0.4 is 10.5 Å². The molecule has 0 saturated heterocycles. The number of nitrogens with one attached hydrogen (secondary N) is 1. The van der Waals surface area contributed by atoms with Gasteiger partial charge >= 0.3 is 0 Å². The van der Waals surface area contributed by atoms with Gasteiger partial charge in [0.05, 0.1) is 10.2 Å². The van der Waals surface area contributed by atoms with Crippen molar-refractivity contribution in [1.82, 2.24) is 4.72 Å². The number of benzene rings is 1. The van der Waals surface area contributed by atoms with Gasteiger partial charge in [-0.1, -0.05) is 6.92 Å². The van der Waals surface area contributed by atoms with E-state index in [-0.39, 0.29) is 21.7 Å². The standard InChI is InChI=1S/C11H16BrFN2O3S/c1-2-7(3-4-16)15-19(17,18)11-5-8(12)9(13)6-10(11)14/h5-7,15-16H,2-4,14H2,1H3. The molecule has 0 aliphatic rings. The maximum atomic E-state index is 13.2. The molecule has 0 spiro atoms.